The summed E-state index contributed by atoms with van der Waals surface area (Å²) < 4.78 is 37.7. The maximum Gasteiger partial charge on any atom is 0.417 e. The second-order valence-corrected chi connectivity index (χ2v) is 4.87. The standard InChI is InChI=1S/C11H11ClF3NO2/c1-10(2,4-8(17)18)7-3-6(11(13,14)15)5-16-9(7)12/h3,5H,4H2,1-2H3,(H,17,18). The summed E-state index contributed by atoms with van der Waals surface area (Å²) >= 11 is 5.74. The average molecular weight is 282 g/mol. The van der Waals surface area contributed by atoms with Gasteiger partial charge in [0.15, 0.2) is 0 Å². The van der Waals surface area contributed by atoms with Gasteiger partial charge in [0.2, 0.25) is 0 Å². The molecule has 0 fully saturated rings. The lowest BCUT2D eigenvalue weighted by Crippen LogP contribution is -2.23. The number of carbonyl (C=O) groups is 1. The first-order valence-corrected chi connectivity index (χ1v) is 5.37. The van der Waals surface area contributed by atoms with E-state index >= 15 is 0 Å². The molecule has 100 valence electrons. The number of halogens is 4. The minimum Gasteiger partial charge on any atom is -0.481 e. The molecule has 0 amide bonds. The quantitative estimate of drug-likeness (QED) is 0.863. The number of alkyl halides is 3. The first-order valence-electron chi connectivity index (χ1n) is 4.99. The second-order valence-electron chi connectivity index (χ2n) is 4.51. The van der Waals surface area contributed by atoms with Crippen molar-refractivity contribution in [3.05, 3.63) is 28.5 Å². The van der Waals surface area contributed by atoms with E-state index in [0.717, 1.165) is 6.07 Å². The Morgan fingerprint density at radius 1 is 1.44 bits per heavy atom. The van der Waals surface area contributed by atoms with Crippen molar-refractivity contribution in [2.75, 3.05) is 0 Å². The Labute approximate surface area is 107 Å². The molecule has 0 unspecified atom stereocenters. The second kappa shape index (κ2) is 4.76. The van der Waals surface area contributed by atoms with Crippen molar-refractivity contribution in [3.8, 4) is 0 Å². The zero-order valence-electron chi connectivity index (χ0n) is 9.68. The molecule has 0 saturated carbocycles. The molecule has 0 aliphatic rings. The minimum atomic E-state index is -4.54. The summed E-state index contributed by atoms with van der Waals surface area (Å²) in [5, 5.41) is 8.63. The maximum atomic E-state index is 12.6. The van der Waals surface area contributed by atoms with Gasteiger partial charge in [0, 0.05) is 11.6 Å². The highest BCUT2D eigenvalue weighted by atomic mass is 35.5. The lowest BCUT2D eigenvalue weighted by atomic mass is 9.82. The van der Waals surface area contributed by atoms with Gasteiger partial charge in [-0.05, 0) is 11.6 Å². The first-order chi connectivity index (χ1) is 8.04. The summed E-state index contributed by atoms with van der Waals surface area (Å²) in [5.41, 5.74) is -1.90. The Kier molecular flexibility index (Phi) is 3.90. The number of carboxylic acids is 1. The van der Waals surface area contributed by atoms with E-state index in [1.165, 1.54) is 13.8 Å². The summed E-state index contributed by atoms with van der Waals surface area (Å²) in [7, 11) is 0. The minimum absolute atomic E-state index is 0.0707. The predicted molar refractivity (Wildman–Crippen MR) is 59.5 cm³/mol. The summed E-state index contributed by atoms with van der Waals surface area (Å²) in [5.74, 6) is -1.12. The number of pyridine rings is 1. The average Bonchev–Trinajstić information content (AvgIpc) is 2.13. The van der Waals surface area contributed by atoms with Crippen LogP contribution in [0.15, 0.2) is 12.3 Å². The molecule has 3 nitrogen and oxygen atoms in total. The fourth-order valence-electron chi connectivity index (χ4n) is 1.55. The molecule has 0 aromatic carbocycles. The zero-order valence-corrected chi connectivity index (χ0v) is 10.4. The number of hydrogen-bond donors (Lipinski definition) is 1. The zero-order chi connectivity index (χ0) is 14.1. The number of hydrogen-bond acceptors (Lipinski definition) is 2. The molecule has 1 aromatic rings. The summed E-state index contributed by atoms with van der Waals surface area (Å²) in [4.78, 5) is 14.2. The normalized spacial score (nSPS) is 12.6. The fraction of sp³-hybridized carbons (Fsp3) is 0.455. The van der Waals surface area contributed by atoms with Crippen molar-refractivity contribution < 1.29 is 23.1 Å². The highest BCUT2D eigenvalue weighted by Crippen LogP contribution is 2.36. The van der Waals surface area contributed by atoms with Crippen LogP contribution in [0.3, 0.4) is 0 Å². The fourth-order valence-corrected chi connectivity index (χ4v) is 1.91. The van der Waals surface area contributed by atoms with Crippen LogP contribution in [-0.4, -0.2) is 16.1 Å². The van der Waals surface area contributed by atoms with E-state index in [-0.39, 0.29) is 17.1 Å². The third kappa shape index (κ3) is 3.35. The van der Waals surface area contributed by atoms with Crippen LogP contribution in [0.5, 0.6) is 0 Å². The molecule has 0 atom stereocenters. The van der Waals surface area contributed by atoms with E-state index in [1.54, 1.807) is 0 Å². The highest BCUT2D eigenvalue weighted by molar-refractivity contribution is 6.30. The van der Waals surface area contributed by atoms with E-state index in [0.29, 0.717) is 6.20 Å². The van der Waals surface area contributed by atoms with E-state index in [1.807, 2.05) is 0 Å². The first kappa shape index (κ1) is 14.8. The molecule has 1 rings (SSSR count). The summed E-state index contributed by atoms with van der Waals surface area (Å²) in [6.45, 7) is 3.01. The molecule has 0 saturated heterocycles. The molecule has 0 radical (unpaired) electrons. The van der Waals surface area contributed by atoms with Gasteiger partial charge in [-0.25, -0.2) is 4.98 Å². The van der Waals surface area contributed by atoms with Gasteiger partial charge in [-0.15, -0.1) is 0 Å². The third-order valence-electron chi connectivity index (χ3n) is 2.49. The Morgan fingerprint density at radius 2 is 2.00 bits per heavy atom. The number of aromatic nitrogens is 1. The Hall–Kier alpha value is -1.30. The Morgan fingerprint density at radius 3 is 2.44 bits per heavy atom. The largest absolute Gasteiger partial charge is 0.481 e. The molecule has 0 aliphatic heterocycles. The number of carboxylic acid groups (broad SMARTS) is 1. The van der Waals surface area contributed by atoms with Gasteiger partial charge in [0.05, 0.1) is 12.0 Å². The van der Waals surface area contributed by atoms with Crippen LogP contribution in [0.2, 0.25) is 5.15 Å². The number of aliphatic carboxylic acids is 1. The van der Waals surface area contributed by atoms with Crippen LogP contribution in [-0.2, 0) is 16.4 Å². The van der Waals surface area contributed by atoms with E-state index in [2.05, 4.69) is 4.98 Å². The van der Waals surface area contributed by atoms with E-state index in [9.17, 15) is 18.0 Å². The molecule has 0 spiro atoms. The van der Waals surface area contributed by atoms with Gasteiger partial charge in [-0.3, -0.25) is 4.79 Å². The van der Waals surface area contributed by atoms with Gasteiger partial charge >= 0.3 is 12.1 Å². The van der Waals surface area contributed by atoms with Crippen molar-refractivity contribution in [1.29, 1.82) is 0 Å². The van der Waals surface area contributed by atoms with Gasteiger partial charge in [-0.1, -0.05) is 25.4 Å². The lowest BCUT2D eigenvalue weighted by Gasteiger charge is -2.24. The molecular weight excluding hydrogens is 271 g/mol. The van der Waals surface area contributed by atoms with Crippen molar-refractivity contribution in [2.45, 2.75) is 31.9 Å². The van der Waals surface area contributed by atoms with Gasteiger partial charge in [0.1, 0.15) is 5.15 Å². The lowest BCUT2D eigenvalue weighted by molar-refractivity contribution is -0.138. The van der Waals surface area contributed by atoms with Crippen molar-refractivity contribution in [2.24, 2.45) is 0 Å². The van der Waals surface area contributed by atoms with Crippen LogP contribution in [0, 0.1) is 0 Å². The van der Waals surface area contributed by atoms with Crippen LogP contribution in [0.1, 0.15) is 31.4 Å². The van der Waals surface area contributed by atoms with Crippen molar-refractivity contribution >= 4 is 17.6 Å². The summed E-state index contributed by atoms with van der Waals surface area (Å²) in [6.07, 6.45) is -4.25. The van der Waals surface area contributed by atoms with Crippen LogP contribution >= 0.6 is 11.6 Å². The Bertz CT molecular complexity index is 472. The molecule has 1 aromatic heterocycles. The van der Waals surface area contributed by atoms with Crippen molar-refractivity contribution in [3.63, 3.8) is 0 Å². The van der Waals surface area contributed by atoms with Gasteiger partial charge < -0.3 is 5.11 Å². The molecular formula is C11H11ClF3NO2. The number of rotatable bonds is 3. The molecule has 0 bridgehead atoms. The maximum absolute atomic E-state index is 12.6. The SMILES string of the molecule is CC(C)(CC(=O)O)c1cc(C(F)(F)F)cnc1Cl. The number of nitrogens with zero attached hydrogens (tertiary/aromatic N) is 1. The predicted octanol–water partition coefficient (Wildman–Crippen LogP) is 3.51. The van der Waals surface area contributed by atoms with Crippen LogP contribution in [0.25, 0.3) is 0 Å². The molecule has 1 N–H and O–H groups in total. The van der Waals surface area contributed by atoms with Crippen LogP contribution < -0.4 is 0 Å². The highest BCUT2D eigenvalue weighted by Gasteiger charge is 2.34. The van der Waals surface area contributed by atoms with Crippen molar-refractivity contribution in [1.82, 2.24) is 4.98 Å². The summed E-state index contributed by atoms with van der Waals surface area (Å²) in [6, 6.07) is 0.846. The molecule has 7 heteroatoms. The molecule has 0 aliphatic carbocycles. The molecule has 18 heavy (non-hydrogen) atoms. The topological polar surface area (TPSA) is 50.2 Å². The van der Waals surface area contributed by atoms with E-state index in [4.69, 9.17) is 16.7 Å². The monoisotopic (exact) mass is 281 g/mol. The third-order valence-corrected chi connectivity index (χ3v) is 2.79. The van der Waals surface area contributed by atoms with E-state index < -0.39 is 23.1 Å². The van der Waals surface area contributed by atoms with Crippen LogP contribution in [0.4, 0.5) is 13.2 Å². The van der Waals surface area contributed by atoms with Gasteiger partial charge in [-0.2, -0.15) is 13.2 Å². The smallest absolute Gasteiger partial charge is 0.417 e. The Balaban J connectivity index is 3.27. The molecule has 1 heterocycles. The van der Waals surface area contributed by atoms with Gasteiger partial charge in [0.25, 0.3) is 0 Å².